The van der Waals surface area contributed by atoms with Crippen molar-refractivity contribution in [2.75, 3.05) is 0 Å². The van der Waals surface area contributed by atoms with Gasteiger partial charge < -0.3 is 0 Å². The van der Waals surface area contributed by atoms with Gasteiger partial charge >= 0.3 is 0 Å². The van der Waals surface area contributed by atoms with Gasteiger partial charge in [0, 0.05) is 73.3 Å². The van der Waals surface area contributed by atoms with E-state index < -0.39 is 0 Å². The summed E-state index contributed by atoms with van der Waals surface area (Å²) in [5, 5.41) is 0. The van der Waals surface area contributed by atoms with Gasteiger partial charge in [0.2, 0.25) is 11.4 Å². The minimum Gasteiger partial charge on any atom is -0.265 e. The average Bonchev–Trinajstić information content (AvgIpc) is 2.98. The van der Waals surface area contributed by atoms with Gasteiger partial charge in [0.25, 0.3) is 0 Å². The Kier molecular flexibility index (Phi) is 5.83. The number of hydrogen-bond donors (Lipinski definition) is 0. The third-order valence-electron chi connectivity index (χ3n) is 6.35. The predicted octanol–water partition coefficient (Wildman–Crippen LogP) is 6.03. The molecule has 4 heteroatoms. The Morgan fingerprint density at radius 3 is 0.917 bits per heavy atom. The Morgan fingerprint density at radius 2 is 0.583 bits per heavy atom. The zero-order valence-corrected chi connectivity index (χ0v) is 19.6. The van der Waals surface area contributed by atoms with E-state index >= 15 is 0 Å². The number of rotatable bonds is 5. The fourth-order valence-corrected chi connectivity index (χ4v) is 4.32. The molecular formula is C32H24N4+2. The van der Waals surface area contributed by atoms with Crippen molar-refractivity contribution in [1.29, 1.82) is 0 Å². The molecular weight excluding hydrogens is 440 g/mol. The van der Waals surface area contributed by atoms with E-state index in [0.717, 1.165) is 11.4 Å². The molecule has 0 spiro atoms. The molecule has 6 aromatic rings. The SMILES string of the molecule is c1cc(-c2ccc(-[n+]3ccc(-c4cc[n+](-c5ccc(-c6ccncc6)cc5)cc4)cc3)cc2)ccn1. The van der Waals surface area contributed by atoms with Gasteiger partial charge in [-0.1, -0.05) is 0 Å². The Labute approximate surface area is 210 Å². The summed E-state index contributed by atoms with van der Waals surface area (Å²) in [5.74, 6) is 0. The van der Waals surface area contributed by atoms with Crippen molar-refractivity contribution < 1.29 is 9.13 Å². The third-order valence-corrected chi connectivity index (χ3v) is 6.35. The molecule has 4 nitrogen and oxygen atoms in total. The standard InChI is InChI=1S/C32H24N4/c1-5-31(6-2-25(1)27-9-17-33-18-10-27)35-21-13-29(14-22-35)30-15-23-36(24-16-30)32-7-3-26(4-8-32)28-11-19-34-20-12-28/h1-24H/q+2. The summed E-state index contributed by atoms with van der Waals surface area (Å²) in [7, 11) is 0. The summed E-state index contributed by atoms with van der Waals surface area (Å²) < 4.78 is 4.26. The Hall–Kier alpha value is -4.96. The highest BCUT2D eigenvalue weighted by Gasteiger charge is 2.10. The number of aromatic nitrogens is 4. The summed E-state index contributed by atoms with van der Waals surface area (Å²) in [6.45, 7) is 0. The van der Waals surface area contributed by atoms with E-state index in [4.69, 9.17) is 0 Å². The molecule has 0 aliphatic rings. The van der Waals surface area contributed by atoms with Crippen LogP contribution in [0.4, 0.5) is 0 Å². The monoisotopic (exact) mass is 464 g/mol. The number of nitrogens with zero attached hydrogens (tertiary/aromatic N) is 4. The van der Waals surface area contributed by atoms with E-state index in [2.05, 4.69) is 117 Å². The Morgan fingerprint density at radius 1 is 0.306 bits per heavy atom. The van der Waals surface area contributed by atoms with Crippen LogP contribution in [-0.2, 0) is 0 Å². The summed E-state index contributed by atoms with van der Waals surface area (Å²) in [6.07, 6.45) is 15.7. The van der Waals surface area contributed by atoms with Crippen LogP contribution in [0.2, 0.25) is 0 Å². The molecule has 0 atom stereocenters. The Balaban J connectivity index is 1.17. The van der Waals surface area contributed by atoms with Crippen LogP contribution < -0.4 is 9.13 Å². The number of benzene rings is 2. The van der Waals surface area contributed by atoms with Crippen molar-refractivity contribution in [2.45, 2.75) is 0 Å². The summed E-state index contributed by atoms with van der Waals surface area (Å²) in [5.41, 5.74) is 9.32. The zero-order valence-electron chi connectivity index (χ0n) is 19.6. The van der Waals surface area contributed by atoms with Crippen molar-refractivity contribution in [3.63, 3.8) is 0 Å². The lowest BCUT2D eigenvalue weighted by molar-refractivity contribution is -0.596. The third kappa shape index (κ3) is 4.52. The fraction of sp³-hybridized carbons (Fsp3) is 0. The maximum Gasteiger partial charge on any atom is 0.210 e. The lowest BCUT2D eigenvalue weighted by atomic mass is 10.1. The van der Waals surface area contributed by atoms with E-state index in [1.807, 2.05) is 49.1 Å². The molecule has 0 aliphatic carbocycles. The highest BCUT2D eigenvalue weighted by Crippen LogP contribution is 2.21. The lowest BCUT2D eigenvalue weighted by Crippen LogP contribution is -2.29. The smallest absolute Gasteiger partial charge is 0.210 e. The molecule has 36 heavy (non-hydrogen) atoms. The van der Waals surface area contributed by atoms with Gasteiger partial charge in [-0.2, -0.15) is 9.13 Å². The average molecular weight is 465 g/mol. The second-order valence-corrected chi connectivity index (χ2v) is 8.55. The van der Waals surface area contributed by atoms with Crippen molar-refractivity contribution in [2.24, 2.45) is 0 Å². The van der Waals surface area contributed by atoms with Gasteiger partial charge in [-0.3, -0.25) is 9.97 Å². The highest BCUT2D eigenvalue weighted by molar-refractivity contribution is 5.65. The van der Waals surface area contributed by atoms with Crippen LogP contribution in [0.15, 0.2) is 147 Å². The minimum atomic E-state index is 1.13. The van der Waals surface area contributed by atoms with Crippen molar-refractivity contribution >= 4 is 0 Å². The highest BCUT2D eigenvalue weighted by atomic mass is 14.9. The molecule has 0 radical (unpaired) electrons. The summed E-state index contributed by atoms with van der Waals surface area (Å²) in [6, 6.07) is 33.8. The van der Waals surface area contributed by atoms with E-state index in [1.54, 1.807) is 0 Å². The number of pyridine rings is 4. The van der Waals surface area contributed by atoms with Crippen LogP contribution in [0.3, 0.4) is 0 Å². The molecule has 0 unspecified atom stereocenters. The van der Waals surface area contributed by atoms with E-state index in [9.17, 15) is 0 Å². The molecule has 0 aliphatic heterocycles. The molecule has 0 saturated carbocycles. The van der Waals surface area contributed by atoms with E-state index in [1.165, 1.54) is 33.4 Å². The topological polar surface area (TPSA) is 33.5 Å². The molecule has 0 fully saturated rings. The molecule has 0 amide bonds. The van der Waals surface area contributed by atoms with Crippen molar-refractivity contribution in [3.8, 4) is 44.8 Å². The Bertz CT molecular complexity index is 1440. The van der Waals surface area contributed by atoms with Crippen LogP contribution in [0, 0.1) is 0 Å². The lowest BCUT2D eigenvalue weighted by Gasteiger charge is -2.04. The van der Waals surface area contributed by atoms with Gasteiger partial charge in [-0.25, -0.2) is 0 Å². The van der Waals surface area contributed by atoms with Gasteiger partial charge in [0.15, 0.2) is 24.8 Å². The number of hydrogen-bond acceptors (Lipinski definition) is 2. The van der Waals surface area contributed by atoms with Crippen LogP contribution in [0.1, 0.15) is 0 Å². The van der Waals surface area contributed by atoms with Crippen LogP contribution in [0.5, 0.6) is 0 Å². The van der Waals surface area contributed by atoms with Crippen LogP contribution in [-0.4, -0.2) is 9.97 Å². The molecule has 6 rings (SSSR count). The molecule has 170 valence electrons. The molecule has 4 heterocycles. The first-order chi connectivity index (χ1) is 17.8. The molecule has 0 saturated heterocycles. The first kappa shape index (κ1) is 21.6. The normalized spacial score (nSPS) is 10.8. The van der Waals surface area contributed by atoms with E-state index in [-0.39, 0.29) is 0 Å². The minimum absolute atomic E-state index is 1.13. The maximum absolute atomic E-state index is 4.10. The second kappa shape index (κ2) is 9.72. The first-order valence-corrected chi connectivity index (χ1v) is 11.9. The van der Waals surface area contributed by atoms with Crippen LogP contribution in [0.25, 0.3) is 44.8 Å². The molecule has 4 aromatic heterocycles. The van der Waals surface area contributed by atoms with Gasteiger partial charge in [0.05, 0.1) is 0 Å². The first-order valence-electron chi connectivity index (χ1n) is 11.9. The second-order valence-electron chi connectivity index (χ2n) is 8.55. The fourth-order valence-electron chi connectivity index (χ4n) is 4.32. The van der Waals surface area contributed by atoms with Crippen molar-refractivity contribution in [3.05, 3.63) is 147 Å². The quantitative estimate of drug-likeness (QED) is 0.292. The van der Waals surface area contributed by atoms with Gasteiger partial charge in [0.1, 0.15) is 0 Å². The van der Waals surface area contributed by atoms with Crippen LogP contribution >= 0.6 is 0 Å². The predicted molar refractivity (Wildman–Crippen MR) is 141 cm³/mol. The molecule has 0 bridgehead atoms. The summed E-state index contributed by atoms with van der Waals surface area (Å²) in [4.78, 5) is 8.19. The zero-order chi connectivity index (χ0) is 24.2. The largest absolute Gasteiger partial charge is 0.265 e. The summed E-state index contributed by atoms with van der Waals surface area (Å²) >= 11 is 0. The van der Waals surface area contributed by atoms with Gasteiger partial charge in [-0.05, 0) is 81.9 Å². The van der Waals surface area contributed by atoms with Gasteiger partial charge in [-0.15, -0.1) is 0 Å². The van der Waals surface area contributed by atoms with Crippen molar-refractivity contribution in [1.82, 2.24) is 9.97 Å². The molecule has 0 N–H and O–H groups in total. The molecule has 2 aromatic carbocycles. The van der Waals surface area contributed by atoms with E-state index in [0.29, 0.717) is 0 Å². The maximum atomic E-state index is 4.10.